The molecular weight excluding hydrogens is 530 g/mol. The zero-order chi connectivity index (χ0) is 28.7. The van der Waals surface area contributed by atoms with Crippen LogP contribution >= 0.6 is 0 Å². The third-order valence-electron chi connectivity index (χ3n) is 8.47. The van der Waals surface area contributed by atoms with Crippen molar-refractivity contribution in [2.75, 3.05) is 0 Å². The lowest BCUT2D eigenvalue weighted by atomic mass is 10.00. The van der Waals surface area contributed by atoms with Crippen LogP contribution in [0.5, 0.6) is 0 Å². The SMILES string of the molecule is N#Cc1ccc(-n2c3ccc(-c4ccc5oc6ccccc6c5c4)cc3c3c4oc5ccccc5c4ccc32)c(C#N)c1. The molecule has 5 nitrogen and oxygen atoms in total. The quantitative estimate of drug-likeness (QED) is 0.215. The lowest BCUT2D eigenvalue weighted by molar-refractivity contribution is 0.669. The first-order chi connectivity index (χ1) is 21.2. The maximum Gasteiger partial charge on any atom is 0.145 e. The monoisotopic (exact) mass is 549 g/mol. The molecule has 0 unspecified atom stereocenters. The summed E-state index contributed by atoms with van der Waals surface area (Å²) in [5.74, 6) is 0. The van der Waals surface area contributed by atoms with E-state index < -0.39 is 0 Å². The van der Waals surface area contributed by atoms with Gasteiger partial charge < -0.3 is 13.4 Å². The molecule has 0 aliphatic carbocycles. The van der Waals surface area contributed by atoms with Gasteiger partial charge >= 0.3 is 0 Å². The van der Waals surface area contributed by atoms with Gasteiger partial charge in [-0.3, -0.25) is 0 Å². The van der Waals surface area contributed by atoms with Gasteiger partial charge in [0.1, 0.15) is 28.4 Å². The summed E-state index contributed by atoms with van der Waals surface area (Å²) < 4.78 is 14.7. The summed E-state index contributed by atoms with van der Waals surface area (Å²) >= 11 is 0. The highest BCUT2D eigenvalue weighted by Crippen LogP contribution is 2.42. The molecule has 0 radical (unpaired) electrons. The Morgan fingerprint density at radius 2 is 1.19 bits per heavy atom. The molecule has 43 heavy (non-hydrogen) atoms. The zero-order valence-corrected chi connectivity index (χ0v) is 22.6. The molecule has 0 fully saturated rings. The van der Waals surface area contributed by atoms with Gasteiger partial charge in [0.05, 0.1) is 39.3 Å². The number of aromatic nitrogens is 1. The third kappa shape index (κ3) is 3.25. The van der Waals surface area contributed by atoms with E-state index >= 15 is 0 Å². The topological polar surface area (TPSA) is 78.8 Å². The summed E-state index contributed by atoms with van der Waals surface area (Å²) in [6, 6.07) is 42.8. The van der Waals surface area contributed by atoms with Gasteiger partial charge in [-0.25, -0.2) is 0 Å². The predicted octanol–water partition coefficient (Wildman–Crippen LogP) is 9.99. The molecule has 0 N–H and O–H groups in total. The van der Waals surface area contributed by atoms with Crippen LogP contribution in [0, 0.1) is 22.7 Å². The molecule has 3 aromatic heterocycles. The predicted molar refractivity (Wildman–Crippen MR) is 170 cm³/mol. The Balaban J connectivity index is 1.39. The van der Waals surface area contributed by atoms with Crippen molar-refractivity contribution in [3.63, 3.8) is 0 Å². The van der Waals surface area contributed by atoms with Crippen LogP contribution in [0.1, 0.15) is 11.1 Å². The van der Waals surface area contributed by atoms with Crippen LogP contribution in [-0.4, -0.2) is 4.57 Å². The summed E-state index contributed by atoms with van der Waals surface area (Å²) in [7, 11) is 0. The van der Waals surface area contributed by atoms with Crippen LogP contribution in [0.15, 0.2) is 124 Å². The fourth-order valence-electron chi connectivity index (χ4n) is 6.52. The van der Waals surface area contributed by atoms with Crippen molar-refractivity contribution in [3.8, 4) is 29.0 Å². The number of furan rings is 2. The first-order valence-corrected chi connectivity index (χ1v) is 14.0. The van der Waals surface area contributed by atoms with Crippen molar-refractivity contribution in [1.29, 1.82) is 10.5 Å². The van der Waals surface area contributed by atoms with Crippen LogP contribution < -0.4 is 0 Å². The van der Waals surface area contributed by atoms with E-state index in [0.29, 0.717) is 11.1 Å². The number of hydrogen-bond donors (Lipinski definition) is 0. The van der Waals surface area contributed by atoms with Crippen LogP contribution in [0.25, 0.3) is 82.5 Å². The Hall–Kier alpha value is -6.30. The number of fused-ring (bicyclic) bond motifs is 10. The molecule has 0 saturated heterocycles. The molecule has 0 spiro atoms. The summed E-state index contributed by atoms with van der Waals surface area (Å²) in [5, 5.41) is 25.8. The largest absolute Gasteiger partial charge is 0.456 e. The van der Waals surface area contributed by atoms with E-state index in [9.17, 15) is 10.5 Å². The fourth-order valence-corrected chi connectivity index (χ4v) is 6.52. The van der Waals surface area contributed by atoms with Crippen molar-refractivity contribution >= 4 is 65.7 Å². The van der Waals surface area contributed by atoms with E-state index in [1.807, 2.05) is 48.5 Å². The van der Waals surface area contributed by atoms with Crippen molar-refractivity contribution in [3.05, 3.63) is 126 Å². The second-order valence-electron chi connectivity index (χ2n) is 10.8. The second kappa shape index (κ2) is 8.60. The Bertz CT molecular complexity index is 2710. The smallest absolute Gasteiger partial charge is 0.145 e. The van der Waals surface area contributed by atoms with Gasteiger partial charge in [-0.05, 0) is 77.9 Å². The number of nitrogens with zero attached hydrogens (tertiary/aromatic N) is 3. The summed E-state index contributed by atoms with van der Waals surface area (Å²) in [4.78, 5) is 0. The minimum Gasteiger partial charge on any atom is -0.456 e. The summed E-state index contributed by atoms with van der Waals surface area (Å²) in [6.45, 7) is 0. The van der Waals surface area contributed by atoms with Crippen molar-refractivity contribution < 1.29 is 8.83 Å². The summed E-state index contributed by atoms with van der Waals surface area (Å²) in [5.41, 5.74) is 8.98. The normalized spacial score (nSPS) is 11.7. The van der Waals surface area contributed by atoms with E-state index in [0.717, 1.165) is 82.5 Å². The molecule has 0 atom stereocenters. The molecule has 0 aliphatic heterocycles. The molecule has 9 aromatic rings. The minimum atomic E-state index is 0.434. The van der Waals surface area contributed by atoms with Crippen LogP contribution in [0.3, 0.4) is 0 Å². The Labute approximate surface area is 244 Å². The summed E-state index contributed by atoms with van der Waals surface area (Å²) in [6.07, 6.45) is 0. The highest BCUT2D eigenvalue weighted by Gasteiger charge is 2.21. The maximum atomic E-state index is 10.1. The van der Waals surface area contributed by atoms with E-state index in [1.165, 1.54) is 0 Å². The number of para-hydroxylation sites is 2. The number of hydrogen-bond acceptors (Lipinski definition) is 4. The number of rotatable bonds is 2. The third-order valence-corrected chi connectivity index (χ3v) is 8.47. The first kappa shape index (κ1) is 23.4. The van der Waals surface area contributed by atoms with E-state index in [1.54, 1.807) is 12.1 Å². The average Bonchev–Trinajstić information content (AvgIpc) is 3.73. The second-order valence-corrected chi connectivity index (χ2v) is 10.8. The molecule has 0 aliphatic rings. The molecule has 5 heteroatoms. The molecule has 0 saturated carbocycles. The van der Waals surface area contributed by atoms with Crippen molar-refractivity contribution in [1.82, 2.24) is 4.57 Å². The molecular formula is C38H19N3O2. The van der Waals surface area contributed by atoms with Crippen LogP contribution in [-0.2, 0) is 0 Å². The van der Waals surface area contributed by atoms with Gasteiger partial charge in [0.2, 0.25) is 0 Å². The Morgan fingerprint density at radius 3 is 1.98 bits per heavy atom. The lowest BCUT2D eigenvalue weighted by Crippen LogP contribution is -1.98. The van der Waals surface area contributed by atoms with Gasteiger partial charge in [0.25, 0.3) is 0 Å². The molecule has 0 amide bonds. The Morgan fingerprint density at radius 1 is 0.512 bits per heavy atom. The highest BCUT2D eigenvalue weighted by atomic mass is 16.3. The van der Waals surface area contributed by atoms with Crippen LogP contribution in [0.4, 0.5) is 0 Å². The molecule has 198 valence electrons. The van der Waals surface area contributed by atoms with Gasteiger partial charge in [-0.1, -0.05) is 48.5 Å². The highest BCUT2D eigenvalue weighted by molar-refractivity contribution is 6.24. The van der Waals surface area contributed by atoms with Gasteiger partial charge in [-0.2, -0.15) is 10.5 Å². The van der Waals surface area contributed by atoms with E-state index in [2.05, 4.69) is 71.3 Å². The minimum absolute atomic E-state index is 0.434. The lowest BCUT2D eigenvalue weighted by Gasteiger charge is -2.10. The van der Waals surface area contributed by atoms with E-state index in [-0.39, 0.29) is 0 Å². The molecule has 0 bridgehead atoms. The average molecular weight is 550 g/mol. The zero-order valence-electron chi connectivity index (χ0n) is 22.6. The standard InChI is InChI=1S/C38H19N3O2/c39-20-22-9-13-31(25(17-22)21-40)41-32-14-10-23(24-11-16-36-29(18-24)27-6-2-3-7-34(27)42-36)19-30(32)37-33(41)15-12-28-26-5-1-4-8-35(26)43-38(28)37/h1-19H. The molecule has 3 heterocycles. The van der Waals surface area contributed by atoms with Crippen molar-refractivity contribution in [2.45, 2.75) is 0 Å². The Kier molecular flexibility index (Phi) is 4.68. The number of nitriles is 2. The van der Waals surface area contributed by atoms with Gasteiger partial charge in [0, 0.05) is 26.9 Å². The maximum absolute atomic E-state index is 10.1. The van der Waals surface area contributed by atoms with Gasteiger partial charge in [-0.15, -0.1) is 0 Å². The number of benzene rings is 6. The molecule has 9 rings (SSSR count). The van der Waals surface area contributed by atoms with Crippen LogP contribution in [0.2, 0.25) is 0 Å². The first-order valence-electron chi connectivity index (χ1n) is 14.0. The van der Waals surface area contributed by atoms with Crippen molar-refractivity contribution in [2.24, 2.45) is 0 Å². The van der Waals surface area contributed by atoms with E-state index in [4.69, 9.17) is 8.83 Å². The van der Waals surface area contributed by atoms with Gasteiger partial charge in [0.15, 0.2) is 0 Å². The molecule has 6 aromatic carbocycles. The fraction of sp³-hybridized carbons (Fsp3) is 0.